The van der Waals surface area contributed by atoms with E-state index in [0.717, 1.165) is 31.7 Å². The summed E-state index contributed by atoms with van der Waals surface area (Å²) in [7, 11) is 0. The first-order chi connectivity index (χ1) is 14.2. The zero-order valence-corrected chi connectivity index (χ0v) is 17.4. The van der Waals surface area contributed by atoms with Gasteiger partial charge in [0.05, 0.1) is 11.5 Å². The summed E-state index contributed by atoms with van der Waals surface area (Å²) >= 11 is 7.39. The average Bonchev–Trinajstić information content (AvgIpc) is 3.24. The molecule has 8 heteroatoms. The number of carbonyl (C=O) groups excluding carboxylic acids is 1. The van der Waals surface area contributed by atoms with Gasteiger partial charge in [-0.05, 0) is 36.4 Å². The molecule has 6 nitrogen and oxygen atoms in total. The molecule has 29 heavy (non-hydrogen) atoms. The first-order valence-corrected chi connectivity index (χ1v) is 11.0. The summed E-state index contributed by atoms with van der Waals surface area (Å²) in [5.41, 5.74) is 2.06. The number of nitrogens with zero attached hydrogens (tertiary/aromatic N) is 4. The molecule has 0 spiro atoms. The first-order valence-electron chi connectivity index (χ1n) is 9.43. The van der Waals surface area contributed by atoms with E-state index in [-0.39, 0.29) is 5.91 Å². The lowest BCUT2D eigenvalue weighted by Crippen LogP contribution is -2.49. The lowest BCUT2D eigenvalue weighted by atomic mass is 10.2. The van der Waals surface area contributed by atoms with Gasteiger partial charge < -0.3 is 14.3 Å². The molecule has 0 radical (unpaired) electrons. The van der Waals surface area contributed by atoms with Crippen molar-refractivity contribution in [2.24, 2.45) is 0 Å². The van der Waals surface area contributed by atoms with Gasteiger partial charge in [0.15, 0.2) is 0 Å². The van der Waals surface area contributed by atoms with Crippen molar-refractivity contribution < 1.29 is 9.32 Å². The second-order valence-electron chi connectivity index (χ2n) is 6.71. The summed E-state index contributed by atoms with van der Waals surface area (Å²) in [6.45, 7) is 3.20. The molecule has 0 atom stereocenters. The van der Waals surface area contributed by atoms with Gasteiger partial charge >= 0.3 is 0 Å². The molecule has 1 amide bonds. The number of piperazine rings is 1. The molecule has 0 N–H and O–H groups in total. The summed E-state index contributed by atoms with van der Waals surface area (Å²) in [4.78, 5) is 21.1. The number of hydrogen-bond acceptors (Lipinski definition) is 6. The van der Waals surface area contributed by atoms with Gasteiger partial charge in [-0.25, -0.2) is 0 Å². The third-order valence-electron chi connectivity index (χ3n) is 4.78. The van der Waals surface area contributed by atoms with Crippen LogP contribution < -0.4 is 4.90 Å². The molecule has 150 valence electrons. The van der Waals surface area contributed by atoms with Gasteiger partial charge in [-0.2, -0.15) is 4.98 Å². The number of aromatic nitrogens is 2. The Labute approximate surface area is 178 Å². The number of benzene rings is 2. The minimum Gasteiger partial charge on any atom is -0.368 e. The maximum atomic E-state index is 12.5. The van der Waals surface area contributed by atoms with Gasteiger partial charge in [0.25, 0.3) is 0 Å². The molecule has 1 fully saturated rings. The Bertz CT molecular complexity index is 941. The van der Waals surface area contributed by atoms with Crippen molar-refractivity contribution in [3.8, 4) is 11.4 Å². The number of para-hydroxylation sites is 1. The van der Waals surface area contributed by atoms with Crippen LogP contribution in [-0.4, -0.2) is 52.9 Å². The van der Waals surface area contributed by atoms with Crippen molar-refractivity contribution in [1.29, 1.82) is 0 Å². The molecule has 1 aromatic heterocycles. The van der Waals surface area contributed by atoms with E-state index in [1.54, 1.807) is 12.1 Å². The van der Waals surface area contributed by atoms with E-state index in [2.05, 4.69) is 27.2 Å². The highest BCUT2D eigenvalue weighted by atomic mass is 35.5. The average molecular weight is 429 g/mol. The van der Waals surface area contributed by atoms with E-state index < -0.39 is 0 Å². The van der Waals surface area contributed by atoms with Crippen molar-refractivity contribution in [3.63, 3.8) is 0 Å². The van der Waals surface area contributed by atoms with Gasteiger partial charge in [0.2, 0.25) is 17.6 Å². The molecule has 1 saturated heterocycles. The zero-order valence-electron chi connectivity index (χ0n) is 15.8. The topological polar surface area (TPSA) is 62.5 Å². The molecular formula is C21H21ClN4O2S. The summed E-state index contributed by atoms with van der Waals surface area (Å²) in [6, 6.07) is 17.6. The number of rotatable bonds is 6. The van der Waals surface area contributed by atoms with Crippen LogP contribution in [0.1, 0.15) is 5.89 Å². The Morgan fingerprint density at radius 2 is 1.76 bits per heavy atom. The second kappa shape index (κ2) is 9.33. The minimum atomic E-state index is 0.153. The van der Waals surface area contributed by atoms with Crippen LogP contribution in [0, 0.1) is 0 Å². The predicted molar refractivity (Wildman–Crippen MR) is 116 cm³/mol. The van der Waals surface area contributed by atoms with Crippen LogP contribution in [0.3, 0.4) is 0 Å². The molecule has 0 saturated carbocycles. The van der Waals surface area contributed by atoms with Crippen molar-refractivity contribution >= 4 is 35.0 Å². The van der Waals surface area contributed by atoms with E-state index in [1.165, 1.54) is 17.4 Å². The maximum absolute atomic E-state index is 12.5. The standard InChI is InChI=1S/C21H21ClN4O2S/c22-17-8-6-16(7-9-17)21-23-19(28-24-21)14-29-15-20(27)26-12-10-25(11-13-26)18-4-2-1-3-5-18/h1-9H,10-15H2. The number of hydrogen-bond donors (Lipinski definition) is 0. The van der Waals surface area contributed by atoms with E-state index in [9.17, 15) is 4.79 Å². The smallest absolute Gasteiger partial charge is 0.236 e. The second-order valence-corrected chi connectivity index (χ2v) is 8.14. The van der Waals surface area contributed by atoms with E-state index in [0.29, 0.717) is 28.2 Å². The van der Waals surface area contributed by atoms with Gasteiger partial charge in [-0.1, -0.05) is 35.0 Å². The van der Waals surface area contributed by atoms with Crippen molar-refractivity contribution in [2.45, 2.75) is 5.75 Å². The van der Waals surface area contributed by atoms with Crippen LogP contribution in [-0.2, 0) is 10.5 Å². The molecule has 0 bridgehead atoms. The molecule has 3 aromatic rings. The molecule has 2 heterocycles. The Morgan fingerprint density at radius 3 is 2.48 bits per heavy atom. The molecule has 4 rings (SSSR count). The van der Waals surface area contributed by atoms with Crippen molar-refractivity contribution in [2.75, 3.05) is 36.8 Å². The van der Waals surface area contributed by atoms with Crippen molar-refractivity contribution in [1.82, 2.24) is 15.0 Å². The fourth-order valence-corrected chi connectivity index (χ4v) is 4.08. The molecule has 0 unspecified atom stereocenters. The highest BCUT2D eigenvalue weighted by Gasteiger charge is 2.21. The largest absolute Gasteiger partial charge is 0.368 e. The van der Waals surface area contributed by atoms with Gasteiger partial charge in [-0.15, -0.1) is 11.8 Å². The predicted octanol–water partition coefficient (Wildman–Crippen LogP) is 3.97. The summed E-state index contributed by atoms with van der Waals surface area (Å²) in [6.07, 6.45) is 0. The molecule has 0 aliphatic carbocycles. The number of anilines is 1. The lowest BCUT2D eigenvalue weighted by Gasteiger charge is -2.36. The van der Waals surface area contributed by atoms with Crippen LogP contribution in [0.2, 0.25) is 5.02 Å². The zero-order chi connectivity index (χ0) is 20.1. The van der Waals surface area contributed by atoms with Crippen LogP contribution in [0.4, 0.5) is 5.69 Å². The van der Waals surface area contributed by atoms with E-state index >= 15 is 0 Å². The summed E-state index contributed by atoms with van der Waals surface area (Å²) in [5, 5.41) is 4.66. The normalized spacial score (nSPS) is 14.2. The monoisotopic (exact) mass is 428 g/mol. The molecule has 1 aliphatic heterocycles. The van der Waals surface area contributed by atoms with Crippen molar-refractivity contribution in [3.05, 3.63) is 65.5 Å². The number of halogens is 1. The molecule has 2 aromatic carbocycles. The SMILES string of the molecule is O=C(CSCc1nc(-c2ccc(Cl)cc2)no1)N1CCN(c2ccccc2)CC1. The Hall–Kier alpha value is -2.51. The number of thioether (sulfide) groups is 1. The summed E-state index contributed by atoms with van der Waals surface area (Å²) < 4.78 is 5.29. The van der Waals surface area contributed by atoms with Crippen LogP contribution in [0.15, 0.2) is 59.1 Å². The van der Waals surface area contributed by atoms with E-state index in [4.69, 9.17) is 16.1 Å². The number of carbonyl (C=O) groups is 1. The fraction of sp³-hybridized carbons (Fsp3) is 0.286. The van der Waals surface area contributed by atoms with Crippen LogP contribution >= 0.6 is 23.4 Å². The Morgan fingerprint density at radius 1 is 1.03 bits per heavy atom. The third kappa shape index (κ3) is 5.10. The van der Waals surface area contributed by atoms with E-state index in [1.807, 2.05) is 35.2 Å². The van der Waals surface area contributed by atoms with Gasteiger partial charge in [0.1, 0.15) is 0 Å². The maximum Gasteiger partial charge on any atom is 0.236 e. The number of amides is 1. The molecule has 1 aliphatic rings. The minimum absolute atomic E-state index is 0.153. The lowest BCUT2D eigenvalue weighted by molar-refractivity contribution is -0.128. The highest BCUT2D eigenvalue weighted by Crippen LogP contribution is 2.21. The quantitative estimate of drug-likeness (QED) is 0.592. The first kappa shape index (κ1) is 19.8. The van der Waals surface area contributed by atoms with Crippen LogP contribution in [0.25, 0.3) is 11.4 Å². The molecular weight excluding hydrogens is 408 g/mol. The Balaban J connectivity index is 1.22. The van der Waals surface area contributed by atoms with Gasteiger partial charge in [0, 0.05) is 42.5 Å². The Kier molecular flexibility index (Phi) is 6.36. The van der Waals surface area contributed by atoms with Crippen LogP contribution in [0.5, 0.6) is 0 Å². The fourth-order valence-electron chi connectivity index (χ4n) is 3.20. The third-order valence-corrected chi connectivity index (χ3v) is 5.93. The summed E-state index contributed by atoms with van der Waals surface area (Å²) in [5.74, 6) is 2.11. The van der Waals surface area contributed by atoms with Gasteiger partial charge in [-0.3, -0.25) is 4.79 Å². The highest BCUT2D eigenvalue weighted by molar-refractivity contribution is 7.99.